The molecule has 0 amide bonds. The second-order valence-corrected chi connectivity index (χ2v) is 3.09. The van der Waals surface area contributed by atoms with Crippen LogP contribution in [0.3, 0.4) is 0 Å². The van der Waals surface area contributed by atoms with Gasteiger partial charge in [0.1, 0.15) is 0 Å². The number of allylic oxidation sites excluding steroid dienone is 2. The fraction of sp³-hybridized carbons (Fsp3) is 0.286. The number of ether oxygens (including phenoxy) is 1. The molecule has 0 saturated heterocycles. The molecule has 1 aliphatic heterocycles. The third-order valence-corrected chi connectivity index (χ3v) is 2.22. The molecule has 1 rings (SSSR count). The van der Waals surface area contributed by atoms with E-state index in [1.807, 2.05) is 0 Å². The number of rotatable bonds is 1. The fourth-order valence-electron chi connectivity index (χ4n) is 0.698. The first-order chi connectivity index (χ1) is 5.24. The summed E-state index contributed by atoms with van der Waals surface area (Å²) in [4.78, 5) is 10.9. The van der Waals surface area contributed by atoms with Gasteiger partial charge in [0.2, 0.25) is 0 Å². The van der Waals surface area contributed by atoms with Gasteiger partial charge in [0.15, 0.2) is 0 Å². The summed E-state index contributed by atoms with van der Waals surface area (Å²) in [5, 5.41) is 0.734. The molecule has 0 atom stereocenters. The van der Waals surface area contributed by atoms with Crippen LogP contribution >= 0.6 is 11.8 Å². The molecule has 0 saturated carbocycles. The Kier molecular flexibility index (Phi) is 2.59. The minimum absolute atomic E-state index is 0.277. The summed E-state index contributed by atoms with van der Waals surface area (Å²) in [6.07, 6.45) is 3.40. The summed E-state index contributed by atoms with van der Waals surface area (Å²) in [6.45, 7) is 0. The van der Waals surface area contributed by atoms with E-state index in [1.54, 1.807) is 12.2 Å². The Hall–Kier alpha value is -0.900. The Balaban J connectivity index is 2.68. The molecule has 3 nitrogen and oxygen atoms in total. The van der Waals surface area contributed by atoms with E-state index in [4.69, 9.17) is 5.73 Å². The van der Waals surface area contributed by atoms with Crippen LogP contribution in [0, 0.1) is 0 Å². The van der Waals surface area contributed by atoms with Crippen LogP contribution in [0.5, 0.6) is 0 Å². The van der Waals surface area contributed by atoms with Crippen molar-refractivity contribution in [1.29, 1.82) is 0 Å². The molecule has 60 valence electrons. The third kappa shape index (κ3) is 2.01. The summed E-state index contributed by atoms with van der Waals surface area (Å²) >= 11 is 1.44. The van der Waals surface area contributed by atoms with Crippen LogP contribution in [-0.4, -0.2) is 18.8 Å². The molecule has 0 fully saturated rings. The van der Waals surface area contributed by atoms with Crippen LogP contribution < -0.4 is 5.73 Å². The maximum atomic E-state index is 10.9. The highest BCUT2D eigenvalue weighted by atomic mass is 32.2. The molecule has 0 aromatic carbocycles. The van der Waals surface area contributed by atoms with Gasteiger partial charge in [0.25, 0.3) is 0 Å². The van der Waals surface area contributed by atoms with Gasteiger partial charge in [0.05, 0.1) is 12.1 Å². The highest BCUT2D eigenvalue weighted by Gasteiger charge is 2.11. The monoisotopic (exact) mass is 171 g/mol. The molecular weight excluding hydrogens is 162 g/mol. The van der Waals surface area contributed by atoms with E-state index in [0.717, 1.165) is 5.03 Å². The summed E-state index contributed by atoms with van der Waals surface area (Å²) in [6, 6.07) is 0. The molecule has 0 aromatic heterocycles. The summed E-state index contributed by atoms with van der Waals surface area (Å²) in [5.74, 6) is 0.330. The van der Waals surface area contributed by atoms with Crippen LogP contribution in [0.4, 0.5) is 0 Å². The lowest BCUT2D eigenvalue weighted by atomic mass is 10.3. The van der Waals surface area contributed by atoms with Gasteiger partial charge in [0, 0.05) is 11.3 Å². The first-order valence-corrected chi connectivity index (χ1v) is 4.10. The zero-order valence-electron chi connectivity index (χ0n) is 6.16. The van der Waals surface area contributed by atoms with Gasteiger partial charge >= 0.3 is 5.97 Å². The molecule has 2 N–H and O–H groups in total. The van der Waals surface area contributed by atoms with E-state index >= 15 is 0 Å². The molecule has 0 radical (unpaired) electrons. The third-order valence-electron chi connectivity index (χ3n) is 1.29. The molecule has 0 bridgehead atoms. The minimum atomic E-state index is -0.277. The van der Waals surface area contributed by atoms with Gasteiger partial charge in [-0.05, 0) is 12.2 Å². The molecule has 0 aliphatic carbocycles. The number of esters is 1. The van der Waals surface area contributed by atoms with E-state index in [1.165, 1.54) is 18.9 Å². The van der Waals surface area contributed by atoms with Crippen molar-refractivity contribution in [3.63, 3.8) is 0 Å². The Morgan fingerprint density at radius 3 is 2.91 bits per heavy atom. The normalized spacial score (nSPS) is 16.8. The molecule has 11 heavy (non-hydrogen) atoms. The van der Waals surface area contributed by atoms with Crippen molar-refractivity contribution >= 4 is 17.7 Å². The summed E-state index contributed by atoms with van der Waals surface area (Å²) < 4.78 is 4.53. The maximum absolute atomic E-state index is 10.9. The van der Waals surface area contributed by atoms with Crippen LogP contribution in [0.15, 0.2) is 22.8 Å². The molecule has 0 aromatic rings. The predicted octanol–water partition coefficient (Wildman–Crippen LogP) is 0.633. The van der Waals surface area contributed by atoms with Gasteiger partial charge in [-0.3, -0.25) is 0 Å². The van der Waals surface area contributed by atoms with Crippen molar-refractivity contribution < 1.29 is 9.53 Å². The summed E-state index contributed by atoms with van der Waals surface area (Å²) in [5.41, 5.74) is 6.12. The lowest BCUT2D eigenvalue weighted by Crippen LogP contribution is -2.10. The number of methoxy groups -OCH3 is 1. The van der Waals surface area contributed by atoms with Crippen LogP contribution in [0.25, 0.3) is 0 Å². The van der Waals surface area contributed by atoms with E-state index < -0.39 is 0 Å². The lowest BCUT2D eigenvalue weighted by molar-refractivity contribution is -0.135. The van der Waals surface area contributed by atoms with Crippen molar-refractivity contribution in [1.82, 2.24) is 0 Å². The number of hydrogen-bond acceptors (Lipinski definition) is 4. The Morgan fingerprint density at radius 2 is 2.45 bits per heavy atom. The molecule has 4 heteroatoms. The SMILES string of the molecule is COC(=O)C1=CC=C(N)SC1. The molecule has 0 unspecified atom stereocenters. The maximum Gasteiger partial charge on any atom is 0.334 e. The fourth-order valence-corrected chi connectivity index (χ4v) is 1.40. The average Bonchev–Trinajstić information content (AvgIpc) is 2.05. The molecular formula is C7H9NO2S. The van der Waals surface area contributed by atoms with Gasteiger partial charge in [-0.15, -0.1) is 11.8 Å². The number of nitrogens with two attached hydrogens (primary N) is 1. The number of carbonyl (C=O) groups excluding carboxylic acids is 1. The highest BCUT2D eigenvalue weighted by molar-refractivity contribution is 8.03. The van der Waals surface area contributed by atoms with Gasteiger partial charge in [-0.25, -0.2) is 4.79 Å². The van der Waals surface area contributed by atoms with Gasteiger partial charge < -0.3 is 10.5 Å². The lowest BCUT2D eigenvalue weighted by Gasteiger charge is -2.08. The zero-order chi connectivity index (χ0) is 8.27. The van der Waals surface area contributed by atoms with Gasteiger partial charge in [-0.2, -0.15) is 0 Å². The summed E-state index contributed by atoms with van der Waals surface area (Å²) in [7, 11) is 1.37. The predicted molar refractivity (Wildman–Crippen MR) is 44.8 cm³/mol. The number of carbonyl (C=O) groups is 1. The van der Waals surface area contributed by atoms with Gasteiger partial charge in [-0.1, -0.05) is 0 Å². The first-order valence-electron chi connectivity index (χ1n) is 3.11. The van der Waals surface area contributed by atoms with Crippen LogP contribution in [-0.2, 0) is 9.53 Å². The first kappa shape index (κ1) is 8.20. The Labute approximate surface area is 69.3 Å². The topological polar surface area (TPSA) is 52.3 Å². The largest absolute Gasteiger partial charge is 0.466 e. The van der Waals surface area contributed by atoms with Crippen molar-refractivity contribution in [3.05, 3.63) is 22.8 Å². The standard InChI is InChI=1S/C7H9NO2S/c1-10-7(9)5-2-3-6(8)11-4-5/h2-3H,4,8H2,1H3. The highest BCUT2D eigenvalue weighted by Crippen LogP contribution is 2.20. The number of thioether (sulfide) groups is 1. The second kappa shape index (κ2) is 3.48. The quantitative estimate of drug-likeness (QED) is 0.588. The zero-order valence-corrected chi connectivity index (χ0v) is 6.98. The average molecular weight is 171 g/mol. The smallest absolute Gasteiger partial charge is 0.334 e. The molecule has 1 heterocycles. The molecule has 1 aliphatic rings. The second-order valence-electron chi connectivity index (χ2n) is 2.04. The van der Waals surface area contributed by atoms with E-state index in [-0.39, 0.29) is 5.97 Å². The molecule has 0 spiro atoms. The Morgan fingerprint density at radius 1 is 1.73 bits per heavy atom. The van der Waals surface area contributed by atoms with Crippen molar-refractivity contribution in [2.24, 2.45) is 5.73 Å². The van der Waals surface area contributed by atoms with E-state index in [9.17, 15) is 4.79 Å². The Bertz CT molecular complexity index is 233. The van der Waals surface area contributed by atoms with Crippen LogP contribution in [0.1, 0.15) is 0 Å². The van der Waals surface area contributed by atoms with Crippen molar-refractivity contribution in [3.8, 4) is 0 Å². The van der Waals surface area contributed by atoms with Crippen LogP contribution in [0.2, 0.25) is 0 Å². The van der Waals surface area contributed by atoms with E-state index in [0.29, 0.717) is 11.3 Å². The van der Waals surface area contributed by atoms with Crippen molar-refractivity contribution in [2.75, 3.05) is 12.9 Å². The van der Waals surface area contributed by atoms with E-state index in [2.05, 4.69) is 4.74 Å². The van der Waals surface area contributed by atoms with Crippen molar-refractivity contribution in [2.45, 2.75) is 0 Å². The number of hydrogen-bond donors (Lipinski definition) is 1. The minimum Gasteiger partial charge on any atom is -0.466 e.